The molecular formula is C60H88O6. The predicted octanol–water partition coefficient (Wildman–Crippen LogP) is 17.1. The zero-order valence-electron chi connectivity index (χ0n) is 43.3. The van der Waals surface area contributed by atoms with Crippen molar-refractivity contribution < 1.29 is 30.6 Å². The van der Waals surface area contributed by atoms with Gasteiger partial charge in [-0.15, -0.1) is 0 Å². The van der Waals surface area contributed by atoms with E-state index in [9.17, 15) is 30.6 Å². The van der Waals surface area contributed by atoms with Crippen LogP contribution in [0.25, 0.3) is 0 Å². The van der Waals surface area contributed by atoms with E-state index in [2.05, 4.69) is 119 Å². The molecule has 0 unspecified atom stereocenters. The molecule has 0 atom stereocenters. The molecule has 0 radical (unpaired) electrons. The van der Waals surface area contributed by atoms with Gasteiger partial charge < -0.3 is 30.6 Å². The summed E-state index contributed by atoms with van der Waals surface area (Å²) in [5, 5.41) is 60.0. The zero-order valence-corrected chi connectivity index (χ0v) is 43.3. The molecular weight excluding hydrogens is 817 g/mol. The molecule has 3 aromatic rings. The van der Waals surface area contributed by atoms with Crippen LogP contribution in [0.1, 0.15) is 180 Å². The van der Waals surface area contributed by atoms with Gasteiger partial charge in [0.15, 0.2) is 0 Å². The Morgan fingerprint density at radius 1 is 0.379 bits per heavy atom. The predicted molar refractivity (Wildman–Crippen MR) is 283 cm³/mol. The molecule has 0 fully saturated rings. The highest BCUT2D eigenvalue weighted by Crippen LogP contribution is 2.32. The molecule has 3 aromatic carbocycles. The topological polar surface area (TPSA) is 121 Å². The molecule has 6 heteroatoms. The Morgan fingerprint density at radius 3 is 0.939 bits per heavy atom. The lowest BCUT2D eigenvalue weighted by Crippen LogP contribution is -1.91. The van der Waals surface area contributed by atoms with E-state index in [4.69, 9.17) is 0 Å². The standard InChI is InChI=1S/C22H32O2.C21H32O2.C17H24O2/c1-16(2)8-6-9-17(3)10-7-11-18(4)12-13-20-21(23)14-19(5)15-22(20)24;1-5-6-7-11-18-14-20(22)19(21(23)15-18)13-12-17(4)10-8-9-16(2)3;1-12(2)6-5-7-13(3)8-9-15-16(18)10-14(4)11-17(15)19/h8,10,12,14-15,23-24H,6-7,9,11,13H2,1-5H3;9,12,14-15,22-23H,5-8,10-11,13H2,1-4H3;6,8,10-11,18-19H,5,7,9H2,1-4H3/b17-10+,18-12+;17-12+;13-8+. The monoisotopic (exact) mass is 905 g/mol. The number of aromatic hydroxyl groups is 6. The first-order valence-electron chi connectivity index (χ1n) is 24.2. The molecule has 0 heterocycles. The van der Waals surface area contributed by atoms with Gasteiger partial charge in [0.1, 0.15) is 34.5 Å². The van der Waals surface area contributed by atoms with Crippen LogP contribution >= 0.6 is 0 Å². The molecule has 66 heavy (non-hydrogen) atoms. The highest BCUT2D eigenvalue weighted by atomic mass is 16.3. The van der Waals surface area contributed by atoms with Gasteiger partial charge in [-0.05, 0) is 220 Å². The molecule has 0 spiro atoms. The number of hydrogen-bond acceptors (Lipinski definition) is 6. The summed E-state index contributed by atoms with van der Waals surface area (Å²) < 4.78 is 0. The van der Waals surface area contributed by atoms with Crippen molar-refractivity contribution in [1.29, 1.82) is 0 Å². The van der Waals surface area contributed by atoms with Crippen LogP contribution in [0, 0.1) is 13.8 Å². The number of aryl methyl sites for hydroxylation is 3. The Kier molecular flexibility index (Phi) is 28.7. The molecule has 0 aliphatic carbocycles. The minimum absolute atomic E-state index is 0.172. The number of phenols is 6. The molecule has 6 nitrogen and oxygen atoms in total. The van der Waals surface area contributed by atoms with Crippen molar-refractivity contribution in [3.05, 3.63) is 151 Å². The maximum absolute atomic E-state index is 10.2. The number of benzene rings is 3. The Labute approximate surface area is 401 Å². The number of phenolic OH excluding ortho intramolecular Hbond substituents is 6. The molecule has 364 valence electrons. The van der Waals surface area contributed by atoms with E-state index in [1.807, 2.05) is 13.8 Å². The van der Waals surface area contributed by atoms with Crippen LogP contribution in [-0.4, -0.2) is 30.6 Å². The highest BCUT2D eigenvalue weighted by Gasteiger charge is 2.10. The van der Waals surface area contributed by atoms with Crippen molar-refractivity contribution in [2.75, 3.05) is 0 Å². The quantitative estimate of drug-likeness (QED) is 0.0441. The summed E-state index contributed by atoms with van der Waals surface area (Å²) in [6.45, 7) is 27.1. The Morgan fingerprint density at radius 2 is 0.652 bits per heavy atom. The van der Waals surface area contributed by atoms with Gasteiger partial charge in [0.05, 0.1) is 0 Å². The van der Waals surface area contributed by atoms with Crippen LogP contribution in [-0.2, 0) is 25.7 Å². The number of hydrogen-bond donors (Lipinski definition) is 6. The summed E-state index contributed by atoms with van der Waals surface area (Å²) >= 11 is 0. The third-order valence-corrected chi connectivity index (χ3v) is 11.3. The first-order chi connectivity index (χ1) is 31.1. The van der Waals surface area contributed by atoms with E-state index < -0.39 is 0 Å². The van der Waals surface area contributed by atoms with Gasteiger partial charge >= 0.3 is 0 Å². The average molecular weight is 905 g/mol. The second-order valence-corrected chi connectivity index (χ2v) is 18.9. The number of rotatable bonds is 22. The molecule has 0 aliphatic heterocycles. The molecule has 0 bridgehead atoms. The van der Waals surface area contributed by atoms with Crippen molar-refractivity contribution in [2.45, 2.75) is 186 Å². The van der Waals surface area contributed by atoms with Crippen molar-refractivity contribution in [2.24, 2.45) is 0 Å². The summed E-state index contributed by atoms with van der Waals surface area (Å²) in [6, 6.07) is 10.4. The summed E-state index contributed by atoms with van der Waals surface area (Å²) in [4.78, 5) is 0. The first kappa shape index (κ1) is 58.7. The maximum atomic E-state index is 10.2. The van der Waals surface area contributed by atoms with Crippen molar-refractivity contribution in [1.82, 2.24) is 0 Å². The van der Waals surface area contributed by atoms with Crippen LogP contribution in [0.4, 0.5) is 0 Å². The molecule has 0 amide bonds. The van der Waals surface area contributed by atoms with Crippen molar-refractivity contribution >= 4 is 0 Å². The minimum Gasteiger partial charge on any atom is -0.508 e. The summed E-state index contributed by atoms with van der Waals surface area (Å²) in [5.41, 5.74) is 13.9. The maximum Gasteiger partial charge on any atom is 0.123 e. The van der Waals surface area contributed by atoms with Gasteiger partial charge in [0.25, 0.3) is 0 Å². The lowest BCUT2D eigenvalue weighted by molar-refractivity contribution is 0.438. The molecule has 0 aliphatic rings. The summed E-state index contributed by atoms with van der Waals surface area (Å²) in [6.07, 6.45) is 29.8. The van der Waals surface area contributed by atoms with Gasteiger partial charge in [0.2, 0.25) is 0 Å². The SMILES string of the molecule is CC(C)=CCC/C(C)=C/CC/C(C)=C/Cc1c(O)cc(C)cc1O.CC(C)=CCC/C(C)=C/Cc1c(O)cc(C)cc1O.CCCCCc1cc(O)c(C/C=C(\C)CCC=C(C)C)c(O)c1. The molecule has 6 N–H and O–H groups in total. The van der Waals surface area contributed by atoms with E-state index in [1.165, 1.54) is 51.9 Å². The Hall–Kier alpha value is -5.36. The number of allylic oxidation sites excluding steroid dienone is 14. The summed E-state index contributed by atoms with van der Waals surface area (Å²) in [5.74, 6) is 1.12. The minimum atomic E-state index is 0.172. The third-order valence-electron chi connectivity index (χ3n) is 11.3. The molecule has 0 saturated carbocycles. The Bertz CT molecular complexity index is 2090. The second kappa shape index (κ2) is 32.3. The fraction of sp³-hybridized carbons (Fsp3) is 0.467. The normalized spacial score (nSPS) is 11.8. The molecule has 3 rings (SSSR count). The third kappa shape index (κ3) is 26.0. The first-order valence-corrected chi connectivity index (χ1v) is 24.2. The van der Waals surface area contributed by atoms with E-state index in [0.29, 0.717) is 36.0 Å². The van der Waals surface area contributed by atoms with Crippen LogP contribution in [0.3, 0.4) is 0 Å². The Balaban J connectivity index is 0.000000498. The van der Waals surface area contributed by atoms with Crippen molar-refractivity contribution in [3.8, 4) is 34.5 Å². The molecule has 0 saturated heterocycles. The molecule has 0 aromatic heterocycles. The van der Waals surface area contributed by atoms with Gasteiger partial charge in [0, 0.05) is 16.7 Å². The lowest BCUT2D eigenvalue weighted by Gasteiger charge is -2.09. The van der Waals surface area contributed by atoms with E-state index in [-0.39, 0.29) is 34.5 Å². The zero-order chi connectivity index (χ0) is 49.8. The van der Waals surface area contributed by atoms with Crippen LogP contribution in [0.2, 0.25) is 0 Å². The van der Waals surface area contributed by atoms with Crippen LogP contribution < -0.4 is 0 Å². The van der Waals surface area contributed by atoms with Crippen LogP contribution in [0.15, 0.2) is 118 Å². The van der Waals surface area contributed by atoms with E-state index in [0.717, 1.165) is 80.9 Å². The summed E-state index contributed by atoms with van der Waals surface area (Å²) in [7, 11) is 0. The van der Waals surface area contributed by atoms with Gasteiger partial charge in [-0.25, -0.2) is 0 Å². The van der Waals surface area contributed by atoms with E-state index in [1.54, 1.807) is 36.4 Å². The van der Waals surface area contributed by atoms with Gasteiger partial charge in [-0.3, -0.25) is 0 Å². The van der Waals surface area contributed by atoms with Gasteiger partial charge in [-0.2, -0.15) is 0 Å². The fourth-order valence-corrected chi connectivity index (χ4v) is 7.15. The van der Waals surface area contributed by atoms with Gasteiger partial charge in [-0.1, -0.05) is 101 Å². The number of unbranched alkanes of at least 4 members (excludes halogenated alkanes) is 2. The van der Waals surface area contributed by atoms with Crippen LogP contribution in [0.5, 0.6) is 34.5 Å². The fourth-order valence-electron chi connectivity index (χ4n) is 7.15. The smallest absolute Gasteiger partial charge is 0.123 e. The second-order valence-electron chi connectivity index (χ2n) is 18.9. The average Bonchev–Trinajstić information content (AvgIpc) is 3.20. The largest absolute Gasteiger partial charge is 0.508 e. The lowest BCUT2D eigenvalue weighted by atomic mass is 10.0. The highest BCUT2D eigenvalue weighted by molar-refractivity contribution is 5.49. The van der Waals surface area contributed by atoms with E-state index >= 15 is 0 Å². The van der Waals surface area contributed by atoms with Crippen molar-refractivity contribution in [3.63, 3.8) is 0 Å².